The average Bonchev–Trinajstić information content (AvgIpc) is 3.16. The van der Waals surface area contributed by atoms with Gasteiger partial charge in [0.25, 0.3) is 0 Å². The number of benzene rings is 2. The van der Waals surface area contributed by atoms with Gasteiger partial charge in [0.05, 0.1) is 0 Å². The molecule has 2 aromatic carbocycles. The van der Waals surface area contributed by atoms with Gasteiger partial charge in [-0.25, -0.2) is 9.13 Å². The highest BCUT2D eigenvalue weighted by atomic mass is 16.3. The van der Waals surface area contributed by atoms with Crippen molar-refractivity contribution in [3.8, 4) is 0 Å². The first-order valence-corrected chi connectivity index (χ1v) is 9.52. The van der Waals surface area contributed by atoms with E-state index in [2.05, 4.69) is 116 Å². The first kappa shape index (κ1) is 21.4. The smallest absolute Gasteiger partial charge is 0.244 e. The SMILES string of the molecule is CC(C)(Cc1ccccc1)n1cc[n+](C(C)(C)Cc2ccccc2)c1.O=C[O-]. The van der Waals surface area contributed by atoms with Gasteiger partial charge in [-0.3, -0.25) is 0 Å². The van der Waals surface area contributed by atoms with Crippen LogP contribution in [-0.4, -0.2) is 11.0 Å². The van der Waals surface area contributed by atoms with Crippen molar-refractivity contribution in [2.24, 2.45) is 0 Å². The molecule has 0 spiro atoms. The molecule has 148 valence electrons. The predicted molar refractivity (Wildman–Crippen MR) is 110 cm³/mol. The molecule has 0 bridgehead atoms. The molecule has 0 fully saturated rings. The van der Waals surface area contributed by atoms with Gasteiger partial charge in [-0.2, -0.15) is 0 Å². The van der Waals surface area contributed by atoms with Crippen LogP contribution in [0.3, 0.4) is 0 Å². The van der Waals surface area contributed by atoms with E-state index in [1.165, 1.54) is 11.1 Å². The van der Waals surface area contributed by atoms with Crippen molar-refractivity contribution in [2.75, 3.05) is 0 Å². The van der Waals surface area contributed by atoms with E-state index in [-0.39, 0.29) is 11.1 Å². The summed E-state index contributed by atoms with van der Waals surface area (Å²) >= 11 is 0. The normalized spacial score (nSPS) is 11.4. The summed E-state index contributed by atoms with van der Waals surface area (Å²) in [5, 5.41) is 8.25. The van der Waals surface area contributed by atoms with Gasteiger partial charge in [0.15, 0.2) is 0 Å². The van der Waals surface area contributed by atoms with Gasteiger partial charge in [-0.05, 0) is 38.8 Å². The van der Waals surface area contributed by atoms with Crippen molar-refractivity contribution in [1.29, 1.82) is 0 Å². The number of imidazole rings is 1. The van der Waals surface area contributed by atoms with Gasteiger partial charge in [0.1, 0.15) is 23.5 Å². The Morgan fingerprint density at radius 1 is 0.893 bits per heavy atom. The molecule has 0 N–H and O–H groups in total. The van der Waals surface area contributed by atoms with Gasteiger partial charge >= 0.3 is 0 Å². The standard InChI is InChI=1S/C23H29N2.CH2O2/c1-22(2,17-20-11-7-5-8-12-20)24-15-16-25(19-24)23(3,4)18-21-13-9-6-10-14-21;2-1-3/h5-16,19H,17-18H2,1-4H3;1H,(H,2,3)/q+1;/p-1. The molecule has 0 saturated heterocycles. The first-order chi connectivity index (χ1) is 13.3. The van der Waals surface area contributed by atoms with Gasteiger partial charge in [-0.1, -0.05) is 60.7 Å². The highest BCUT2D eigenvalue weighted by molar-refractivity contribution is 5.29. The lowest BCUT2D eigenvalue weighted by Gasteiger charge is -2.23. The Bertz CT molecular complexity index is 785. The number of aromatic nitrogens is 2. The Morgan fingerprint density at radius 2 is 1.36 bits per heavy atom. The fourth-order valence-electron chi connectivity index (χ4n) is 3.44. The Labute approximate surface area is 168 Å². The van der Waals surface area contributed by atoms with Crippen LogP contribution in [0.2, 0.25) is 0 Å². The van der Waals surface area contributed by atoms with Crippen LogP contribution < -0.4 is 9.67 Å². The van der Waals surface area contributed by atoms with Gasteiger partial charge in [0.2, 0.25) is 6.33 Å². The summed E-state index contributed by atoms with van der Waals surface area (Å²) in [6, 6.07) is 21.4. The summed E-state index contributed by atoms with van der Waals surface area (Å²) in [5.41, 5.74) is 2.82. The molecule has 4 nitrogen and oxygen atoms in total. The van der Waals surface area contributed by atoms with Crippen LogP contribution >= 0.6 is 0 Å². The van der Waals surface area contributed by atoms with Crippen LogP contribution in [0.4, 0.5) is 0 Å². The number of hydrogen-bond acceptors (Lipinski definition) is 2. The molecule has 0 amide bonds. The molecule has 0 atom stereocenters. The largest absolute Gasteiger partial charge is 0.554 e. The summed E-state index contributed by atoms with van der Waals surface area (Å²) in [5.74, 6) is 0. The molecule has 0 radical (unpaired) electrons. The number of hydrogen-bond donors (Lipinski definition) is 0. The Balaban J connectivity index is 0.000000878. The van der Waals surface area contributed by atoms with E-state index in [1.54, 1.807) is 0 Å². The van der Waals surface area contributed by atoms with E-state index in [0.717, 1.165) is 12.8 Å². The molecule has 0 aliphatic rings. The second kappa shape index (κ2) is 9.36. The molecule has 3 aromatic rings. The molecular formula is C24H30N2O2. The Hall–Kier alpha value is -2.88. The van der Waals surface area contributed by atoms with Crippen molar-refractivity contribution in [1.82, 2.24) is 4.57 Å². The maximum atomic E-state index is 8.25. The maximum Gasteiger partial charge on any atom is 0.244 e. The summed E-state index contributed by atoms with van der Waals surface area (Å²) in [7, 11) is 0. The van der Waals surface area contributed by atoms with Crippen molar-refractivity contribution < 1.29 is 14.5 Å². The van der Waals surface area contributed by atoms with Gasteiger partial charge in [0, 0.05) is 19.3 Å². The third-order valence-corrected chi connectivity index (χ3v) is 4.99. The molecule has 1 aromatic heterocycles. The molecule has 0 aliphatic carbocycles. The van der Waals surface area contributed by atoms with E-state index < -0.39 is 6.47 Å². The molecule has 0 unspecified atom stereocenters. The monoisotopic (exact) mass is 378 g/mol. The minimum absolute atomic E-state index is 0.0371. The molecule has 0 saturated carbocycles. The van der Waals surface area contributed by atoms with Crippen LogP contribution in [0.15, 0.2) is 79.4 Å². The van der Waals surface area contributed by atoms with Crippen LogP contribution in [0.5, 0.6) is 0 Å². The van der Waals surface area contributed by atoms with E-state index in [0.29, 0.717) is 0 Å². The van der Waals surface area contributed by atoms with E-state index in [4.69, 9.17) is 9.90 Å². The average molecular weight is 379 g/mol. The van der Waals surface area contributed by atoms with Gasteiger partial charge in [-0.15, -0.1) is 0 Å². The van der Waals surface area contributed by atoms with Crippen molar-refractivity contribution >= 4 is 6.47 Å². The highest BCUT2D eigenvalue weighted by Crippen LogP contribution is 2.22. The summed E-state index contributed by atoms with van der Waals surface area (Å²) in [6.45, 7) is 8.70. The van der Waals surface area contributed by atoms with Crippen LogP contribution in [0, 0.1) is 0 Å². The molecule has 0 aliphatic heterocycles. The van der Waals surface area contributed by atoms with E-state index >= 15 is 0 Å². The Morgan fingerprint density at radius 3 is 1.86 bits per heavy atom. The molecule has 4 heteroatoms. The zero-order valence-corrected chi connectivity index (χ0v) is 17.2. The van der Waals surface area contributed by atoms with Gasteiger partial charge < -0.3 is 9.90 Å². The minimum Gasteiger partial charge on any atom is -0.554 e. The van der Waals surface area contributed by atoms with Crippen molar-refractivity contribution in [3.63, 3.8) is 0 Å². The third-order valence-electron chi connectivity index (χ3n) is 4.99. The summed E-state index contributed by atoms with van der Waals surface area (Å²) in [4.78, 5) is 8.25. The second-order valence-corrected chi connectivity index (χ2v) is 8.27. The third kappa shape index (κ3) is 5.81. The fourth-order valence-corrected chi connectivity index (χ4v) is 3.44. The van der Waals surface area contributed by atoms with Crippen molar-refractivity contribution in [2.45, 2.75) is 51.6 Å². The molecule has 28 heavy (non-hydrogen) atoms. The highest BCUT2D eigenvalue weighted by Gasteiger charge is 2.31. The first-order valence-electron chi connectivity index (χ1n) is 9.52. The number of carbonyl (C=O) groups excluding carboxylic acids is 1. The lowest BCUT2D eigenvalue weighted by Crippen LogP contribution is -2.52. The van der Waals surface area contributed by atoms with E-state index in [1.807, 2.05) is 0 Å². The molecular weight excluding hydrogens is 348 g/mol. The zero-order chi connectivity index (χ0) is 20.6. The summed E-state index contributed by atoms with van der Waals surface area (Å²) in [6.07, 6.45) is 8.69. The minimum atomic E-state index is -0.500. The van der Waals surface area contributed by atoms with Crippen molar-refractivity contribution in [3.05, 3.63) is 90.5 Å². The number of carbonyl (C=O) groups is 1. The lowest BCUT2D eigenvalue weighted by atomic mass is 9.94. The number of rotatable bonds is 6. The van der Waals surface area contributed by atoms with E-state index in [9.17, 15) is 0 Å². The van der Waals surface area contributed by atoms with Crippen LogP contribution in [0.25, 0.3) is 0 Å². The molecule has 3 rings (SSSR count). The quantitative estimate of drug-likeness (QED) is 0.489. The predicted octanol–water partition coefficient (Wildman–Crippen LogP) is 3.10. The topological polar surface area (TPSA) is 48.9 Å². The molecule has 1 heterocycles. The lowest BCUT2D eigenvalue weighted by molar-refractivity contribution is -0.757. The number of carboxylic acid groups (broad SMARTS) is 1. The summed E-state index contributed by atoms with van der Waals surface area (Å²) < 4.78 is 4.68. The maximum absolute atomic E-state index is 8.25. The zero-order valence-electron chi connectivity index (χ0n) is 17.2. The van der Waals surface area contributed by atoms with Crippen LogP contribution in [0.1, 0.15) is 38.8 Å². The number of nitrogens with zero attached hydrogens (tertiary/aromatic N) is 2. The second-order valence-electron chi connectivity index (χ2n) is 8.27. The fraction of sp³-hybridized carbons (Fsp3) is 0.333. The Kier molecular flexibility index (Phi) is 7.16. The van der Waals surface area contributed by atoms with Crippen LogP contribution in [-0.2, 0) is 28.7 Å².